The lowest BCUT2D eigenvalue weighted by molar-refractivity contribution is -0.384. The first-order valence-electron chi connectivity index (χ1n) is 9.67. The van der Waals surface area contributed by atoms with Gasteiger partial charge in [0.1, 0.15) is 11.8 Å². The third-order valence-corrected chi connectivity index (χ3v) is 5.13. The molecular formula is C21H18N6O4. The average molecular weight is 418 g/mol. The summed E-state index contributed by atoms with van der Waals surface area (Å²) in [6.07, 6.45) is 3.06. The van der Waals surface area contributed by atoms with Gasteiger partial charge >= 0.3 is 0 Å². The molecule has 1 amide bonds. The molecule has 3 aromatic rings. The lowest BCUT2D eigenvalue weighted by atomic mass is 9.96. The first-order valence-corrected chi connectivity index (χ1v) is 9.67. The van der Waals surface area contributed by atoms with Crippen molar-refractivity contribution in [1.29, 1.82) is 5.26 Å². The molecule has 0 bridgehead atoms. The van der Waals surface area contributed by atoms with Crippen molar-refractivity contribution in [3.05, 3.63) is 64.4 Å². The SMILES string of the molecule is N#Cc1cc([N+](=O)[O-])ccc1NC(=O)C1CCCN(c2ccc(-c3ccco3)nn2)C1. The Bertz CT molecular complexity index is 1140. The quantitative estimate of drug-likeness (QED) is 0.491. The van der Waals surface area contributed by atoms with Gasteiger partial charge in [-0.1, -0.05) is 0 Å². The van der Waals surface area contributed by atoms with Crippen LogP contribution in [0.2, 0.25) is 0 Å². The maximum Gasteiger partial charge on any atom is 0.270 e. The lowest BCUT2D eigenvalue weighted by Crippen LogP contribution is -2.41. The summed E-state index contributed by atoms with van der Waals surface area (Å²) in [6.45, 7) is 1.20. The van der Waals surface area contributed by atoms with Gasteiger partial charge in [-0.3, -0.25) is 14.9 Å². The Morgan fingerprint density at radius 3 is 2.84 bits per heavy atom. The van der Waals surface area contributed by atoms with Crippen LogP contribution in [-0.2, 0) is 4.79 Å². The average Bonchev–Trinajstić information content (AvgIpc) is 3.34. The number of nitro groups is 1. The predicted octanol–water partition coefficient (Wildman–Crippen LogP) is 3.37. The Morgan fingerprint density at radius 2 is 2.16 bits per heavy atom. The standard InChI is InChI=1S/C21H18N6O4/c22-12-15-11-16(27(29)30)5-6-17(15)23-21(28)14-3-1-9-26(13-14)20-8-7-18(24-25-20)19-4-2-10-31-19/h2,4-8,10-11,14H,1,3,9,13H2,(H,23,28). The molecule has 4 rings (SSSR count). The van der Waals surface area contributed by atoms with Crippen LogP contribution in [0.3, 0.4) is 0 Å². The summed E-state index contributed by atoms with van der Waals surface area (Å²) >= 11 is 0. The van der Waals surface area contributed by atoms with Crippen molar-refractivity contribution in [2.45, 2.75) is 12.8 Å². The second-order valence-corrected chi connectivity index (χ2v) is 7.13. The van der Waals surface area contributed by atoms with Crippen molar-refractivity contribution in [1.82, 2.24) is 10.2 Å². The van der Waals surface area contributed by atoms with Crippen molar-refractivity contribution in [3.63, 3.8) is 0 Å². The molecule has 1 atom stereocenters. The van der Waals surface area contributed by atoms with Gasteiger partial charge in [-0.2, -0.15) is 5.26 Å². The number of benzene rings is 1. The molecule has 0 radical (unpaired) electrons. The molecular weight excluding hydrogens is 400 g/mol. The van der Waals surface area contributed by atoms with E-state index in [-0.39, 0.29) is 28.8 Å². The first kappa shape index (κ1) is 20.0. The van der Waals surface area contributed by atoms with Crippen LogP contribution in [0.15, 0.2) is 53.1 Å². The third kappa shape index (κ3) is 4.35. The van der Waals surface area contributed by atoms with Crippen molar-refractivity contribution < 1.29 is 14.1 Å². The molecule has 0 aliphatic carbocycles. The molecule has 1 fully saturated rings. The molecule has 31 heavy (non-hydrogen) atoms. The highest BCUT2D eigenvalue weighted by Crippen LogP contribution is 2.26. The van der Waals surface area contributed by atoms with Crippen molar-refractivity contribution in [2.24, 2.45) is 5.92 Å². The number of piperidine rings is 1. The number of furan rings is 1. The second-order valence-electron chi connectivity index (χ2n) is 7.13. The molecule has 1 unspecified atom stereocenters. The Morgan fingerprint density at radius 1 is 1.29 bits per heavy atom. The summed E-state index contributed by atoms with van der Waals surface area (Å²) in [5.74, 6) is 0.740. The summed E-state index contributed by atoms with van der Waals surface area (Å²) in [5, 5.41) is 31.4. The van der Waals surface area contributed by atoms with E-state index in [0.29, 0.717) is 30.2 Å². The zero-order valence-electron chi connectivity index (χ0n) is 16.4. The fourth-order valence-corrected chi connectivity index (χ4v) is 3.53. The zero-order valence-corrected chi connectivity index (χ0v) is 16.4. The van der Waals surface area contributed by atoms with Gasteiger partial charge in [0, 0.05) is 25.2 Å². The molecule has 3 heterocycles. The van der Waals surface area contributed by atoms with Gasteiger partial charge < -0.3 is 14.6 Å². The molecule has 0 saturated carbocycles. The number of nitro benzene ring substituents is 1. The number of aromatic nitrogens is 2. The van der Waals surface area contributed by atoms with Crippen LogP contribution < -0.4 is 10.2 Å². The molecule has 1 aromatic carbocycles. The van der Waals surface area contributed by atoms with Gasteiger partial charge in [0.25, 0.3) is 5.69 Å². The van der Waals surface area contributed by atoms with E-state index in [1.807, 2.05) is 23.1 Å². The number of carbonyl (C=O) groups is 1. The number of anilines is 2. The number of nitriles is 1. The fraction of sp³-hybridized carbons (Fsp3) is 0.238. The summed E-state index contributed by atoms with van der Waals surface area (Å²) in [4.78, 5) is 25.1. The molecule has 1 N–H and O–H groups in total. The van der Waals surface area contributed by atoms with Crippen LogP contribution in [0.25, 0.3) is 11.5 Å². The number of nitrogens with zero attached hydrogens (tertiary/aromatic N) is 5. The number of carbonyl (C=O) groups excluding carboxylic acids is 1. The highest BCUT2D eigenvalue weighted by atomic mass is 16.6. The van der Waals surface area contributed by atoms with Gasteiger partial charge in [0.05, 0.1) is 28.4 Å². The zero-order chi connectivity index (χ0) is 21.8. The van der Waals surface area contributed by atoms with E-state index in [1.54, 1.807) is 18.4 Å². The van der Waals surface area contributed by atoms with Crippen LogP contribution >= 0.6 is 0 Å². The highest BCUT2D eigenvalue weighted by molar-refractivity contribution is 5.94. The molecule has 156 valence electrons. The van der Waals surface area contributed by atoms with E-state index in [2.05, 4.69) is 15.5 Å². The summed E-state index contributed by atoms with van der Waals surface area (Å²) in [7, 11) is 0. The van der Waals surface area contributed by atoms with Crippen LogP contribution in [0.1, 0.15) is 18.4 Å². The van der Waals surface area contributed by atoms with Crippen LogP contribution in [-0.4, -0.2) is 34.1 Å². The van der Waals surface area contributed by atoms with Crippen LogP contribution in [0, 0.1) is 27.4 Å². The molecule has 2 aromatic heterocycles. The molecule has 10 heteroatoms. The number of hydrogen-bond donors (Lipinski definition) is 1. The van der Waals surface area contributed by atoms with E-state index in [0.717, 1.165) is 19.0 Å². The van der Waals surface area contributed by atoms with Crippen molar-refractivity contribution >= 4 is 23.1 Å². The molecule has 1 aliphatic rings. The van der Waals surface area contributed by atoms with Gasteiger partial charge in [0.15, 0.2) is 11.6 Å². The Hall–Kier alpha value is -4.26. The minimum absolute atomic E-state index is 0.0506. The largest absolute Gasteiger partial charge is 0.463 e. The minimum atomic E-state index is -0.580. The van der Waals surface area contributed by atoms with Gasteiger partial charge in [0.2, 0.25) is 5.91 Å². The second kappa shape index (κ2) is 8.62. The fourth-order valence-electron chi connectivity index (χ4n) is 3.53. The normalized spacial score (nSPS) is 15.8. The maximum atomic E-state index is 12.8. The smallest absolute Gasteiger partial charge is 0.270 e. The molecule has 10 nitrogen and oxygen atoms in total. The van der Waals surface area contributed by atoms with E-state index < -0.39 is 4.92 Å². The van der Waals surface area contributed by atoms with Crippen molar-refractivity contribution in [3.8, 4) is 17.5 Å². The molecule has 1 saturated heterocycles. The van der Waals surface area contributed by atoms with E-state index in [9.17, 15) is 20.2 Å². The van der Waals surface area contributed by atoms with Crippen LogP contribution in [0.4, 0.5) is 17.2 Å². The van der Waals surface area contributed by atoms with E-state index in [4.69, 9.17) is 4.42 Å². The monoisotopic (exact) mass is 418 g/mol. The van der Waals surface area contributed by atoms with Gasteiger partial charge in [-0.05, 0) is 43.2 Å². The molecule has 0 spiro atoms. The van der Waals surface area contributed by atoms with E-state index in [1.165, 1.54) is 12.1 Å². The summed E-state index contributed by atoms with van der Waals surface area (Å²) in [5.41, 5.74) is 0.740. The summed E-state index contributed by atoms with van der Waals surface area (Å²) < 4.78 is 5.32. The van der Waals surface area contributed by atoms with E-state index >= 15 is 0 Å². The third-order valence-electron chi connectivity index (χ3n) is 5.13. The van der Waals surface area contributed by atoms with Gasteiger partial charge in [-0.25, -0.2) is 0 Å². The lowest BCUT2D eigenvalue weighted by Gasteiger charge is -2.32. The van der Waals surface area contributed by atoms with Crippen molar-refractivity contribution in [2.75, 3.05) is 23.3 Å². The Balaban J connectivity index is 1.44. The number of hydrogen-bond acceptors (Lipinski definition) is 8. The van der Waals surface area contributed by atoms with Gasteiger partial charge in [-0.15, -0.1) is 10.2 Å². The topological polar surface area (TPSA) is 138 Å². The Labute approximate surface area is 177 Å². The van der Waals surface area contributed by atoms with Crippen LogP contribution in [0.5, 0.6) is 0 Å². The number of rotatable bonds is 5. The number of amides is 1. The number of nitrogens with one attached hydrogen (secondary N) is 1. The Kier molecular flexibility index (Phi) is 5.57. The highest BCUT2D eigenvalue weighted by Gasteiger charge is 2.27. The minimum Gasteiger partial charge on any atom is -0.463 e. The molecule has 1 aliphatic heterocycles. The summed E-state index contributed by atoms with van der Waals surface area (Å²) in [6, 6.07) is 12.9. The predicted molar refractivity (Wildman–Crippen MR) is 111 cm³/mol. The number of non-ortho nitro benzene ring substituents is 1. The maximum absolute atomic E-state index is 12.8. The first-order chi connectivity index (χ1) is 15.0.